The summed E-state index contributed by atoms with van der Waals surface area (Å²) in [6.45, 7) is 8.21. The Balaban J connectivity index is 0.000000283. The van der Waals surface area contributed by atoms with Gasteiger partial charge >= 0.3 is 6.09 Å². The third-order valence-electron chi connectivity index (χ3n) is 4.71. The van der Waals surface area contributed by atoms with E-state index in [2.05, 4.69) is 11.4 Å². The fourth-order valence-electron chi connectivity index (χ4n) is 3.42. The van der Waals surface area contributed by atoms with Crippen molar-refractivity contribution in [3.05, 3.63) is 0 Å². The van der Waals surface area contributed by atoms with Crippen molar-refractivity contribution in [1.29, 1.82) is 10.5 Å². The van der Waals surface area contributed by atoms with Gasteiger partial charge in [0, 0.05) is 19.5 Å². The predicted molar refractivity (Wildman–Crippen MR) is 102 cm³/mol. The molecular formula is C20H30N4O4. The standard InChI is InChI=1S/C11H18N2O2.C9H12N2O2/c1-11(2,3)15-10(14)13-8-4-5-9(13)6-7-12;1-7(12)8(13)9(4-5-10)3-2-6-11-9/h9H,4-6,8H2,1-3H3;11H,2-4,6H2,1H3/t2*9-/m11/s1. The number of nitriles is 2. The van der Waals surface area contributed by atoms with E-state index in [1.165, 1.54) is 6.92 Å². The molecule has 0 aliphatic carbocycles. The molecule has 0 radical (unpaired) electrons. The van der Waals surface area contributed by atoms with Gasteiger partial charge < -0.3 is 15.0 Å². The van der Waals surface area contributed by atoms with E-state index >= 15 is 0 Å². The molecule has 8 nitrogen and oxygen atoms in total. The van der Waals surface area contributed by atoms with Crippen LogP contribution in [0.15, 0.2) is 0 Å². The fourth-order valence-corrected chi connectivity index (χ4v) is 3.42. The summed E-state index contributed by atoms with van der Waals surface area (Å²) >= 11 is 0. The molecule has 2 aliphatic heterocycles. The van der Waals surface area contributed by atoms with Crippen LogP contribution in [0.1, 0.15) is 66.2 Å². The normalized spacial score (nSPS) is 23.8. The Bertz CT molecular complexity index is 663. The first-order valence-corrected chi connectivity index (χ1v) is 9.60. The smallest absolute Gasteiger partial charge is 0.410 e. The largest absolute Gasteiger partial charge is 0.444 e. The Morgan fingerprint density at radius 3 is 2.36 bits per heavy atom. The van der Waals surface area contributed by atoms with Crippen molar-refractivity contribution in [2.45, 2.75) is 83.4 Å². The number of ether oxygens (including phenoxy) is 1. The second-order valence-corrected chi connectivity index (χ2v) is 8.16. The molecule has 8 heteroatoms. The molecule has 0 bridgehead atoms. The van der Waals surface area contributed by atoms with E-state index in [9.17, 15) is 14.4 Å². The minimum Gasteiger partial charge on any atom is -0.444 e. The predicted octanol–water partition coefficient (Wildman–Crippen LogP) is 2.48. The minimum absolute atomic E-state index is 0.0462. The summed E-state index contributed by atoms with van der Waals surface area (Å²) in [5.74, 6) is -0.920. The number of rotatable bonds is 4. The molecule has 2 fully saturated rings. The lowest BCUT2D eigenvalue weighted by atomic mass is 9.87. The summed E-state index contributed by atoms with van der Waals surface area (Å²) in [6.07, 6.45) is 3.52. The average Bonchev–Trinajstić information content (AvgIpc) is 3.24. The van der Waals surface area contributed by atoms with Gasteiger partial charge in [0.05, 0.1) is 30.5 Å². The average molecular weight is 390 g/mol. The molecule has 0 unspecified atom stereocenters. The zero-order valence-corrected chi connectivity index (χ0v) is 17.2. The summed E-state index contributed by atoms with van der Waals surface area (Å²) < 4.78 is 5.28. The van der Waals surface area contributed by atoms with Gasteiger partial charge in [-0.2, -0.15) is 10.5 Å². The van der Waals surface area contributed by atoms with Crippen LogP contribution in [0.5, 0.6) is 0 Å². The second-order valence-electron chi connectivity index (χ2n) is 8.16. The number of nitrogens with zero attached hydrogens (tertiary/aromatic N) is 3. The maximum absolute atomic E-state index is 11.7. The monoisotopic (exact) mass is 390 g/mol. The number of likely N-dealkylation sites (tertiary alicyclic amines) is 1. The van der Waals surface area contributed by atoms with Crippen LogP contribution >= 0.6 is 0 Å². The molecule has 28 heavy (non-hydrogen) atoms. The minimum atomic E-state index is -0.874. The van der Waals surface area contributed by atoms with E-state index in [-0.39, 0.29) is 18.6 Å². The van der Waals surface area contributed by atoms with Crippen molar-refractivity contribution in [3.8, 4) is 12.1 Å². The van der Waals surface area contributed by atoms with Crippen molar-refractivity contribution >= 4 is 17.7 Å². The van der Waals surface area contributed by atoms with E-state index in [0.717, 1.165) is 19.3 Å². The maximum atomic E-state index is 11.7. The Hall–Kier alpha value is -2.45. The number of Topliss-reactive ketones (excluding diaryl/α,β-unsaturated/α-hetero) is 2. The quantitative estimate of drug-likeness (QED) is 0.731. The number of carbonyl (C=O) groups is 3. The summed E-state index contributed by atoms with van der Waals surface area (Å²) in [5, 5.41) is 20.2. The highest BCUT2D eigenvalue weighted by molar-refractivity contribution is 6.39. The first-order chi connectivity index (χ1) is 13.1. The highest BCUT2D eigenvalue weighted by atomic mass is 16.6. The molecular weight excluding hydrogens is 360 g/mol. The number of amides is 1. The van der Waals surface area contributed by atoms with Crippen LogP contribution in [-0.2, 0) is 14.3 Å². The van der Waals surface area contributed by atoms with Gasteiger partial charge in [0.1, 0.15) is 5.60 Å². The molecule has 1 N–H and O–H groups in total. The van der Waals surface area contributed by atoms with Crippen molar-refractivity contribution in [3.63, 3.8) is 0 Å². The third kappa shape index (κ3) is 6.61. The molecule has 0 spiro atoms. The van der Waals surface area contributed by atoms with E-state index in [0.29, 0.717) is 25.9 Å². The first-order valence-electron chi connectivity index (χ1n) is 9.60. The Morgan fingerprint density at radius 2 is 1.89 bits per heavy atom. The zero-order valence-electron chi connectivity index (χ0n) is 17.2. The van der Waals surface area contributed by atoms with Gasteiger partial charge in [0.25, 0.3) is 0 Å². The van der Waals surface area contributed by atoms with Gasteiger partial charge in [-0.3, -0.25) is 9.59 Å². The van der Waals surface area contributed by atoms with Gasteiger partial charge in [-0.1, -0.05) is 0 Å². The Labute approximate surface area is 166 Å². The second kappa shape index (κ2) is 10.2. The first kappa shape index (κ1) is 23.6. The fraction of sp³-hybridized carbons (Fsp3) is 0.750. The Morgan fingerprint density at radius 1 is 1.21 bits per heavy atom. The Kier molecular flexibility index (Phi) is 8.59. The molecule has 0 aromatic heterocycles. The van der Waals surface area contributed by atoms with Crippen molar-refractivity contribution in [1.82, 2.24) is 10.2 Å². The number of hydrogen-bond donors (Lipinski definition) is 1. The zero-order chi connectivity index (χ0) is 21.4. The maximum Gasteiger partial charge on any atom is 0.410 e. The van der Waals surface area contributed by atoms with Crippen LogP contribution in [0, 0.1) is 22.7 Å². The van der Waals surface area contributed by atoms with Crippen LogP contribution < -0.4 is 5.32 Å². The van der Waals surface area contributed by atoms with E-state index < -0.39 is 22.7 Å². The van der Waals surface area contributed by atoms with Crippen molar-refractivity contribution in [2.75, 3.05) is 13.1 Å². The lowest BCUT2D eigenvalue weighted by Crippen LogP contribution is -2.50. The lowest BCUT2D eigenvalue weighted by Gasteiger charge is -2.27. The number of carbonyl (C=O) groups excluding carboxylic acids is 3. The summed E-state index contributed by atoms with van der Waals surface area (Å²) in [5.41, 5.74) is -1.34. The van der Waals surface area contributed by atoms with Crippen LogP contribution in [0.2, 0.25) is 0 Å². The summed E-state index contributed by atoms with van der Waals surface area (Å²) in [4.78, 5) is 35.8. The SMILES string of the molecule is CC(=O)C(=O)[C@]1(CC#N)CCCN1.CC(C)(C)OC(=O)N1CCC[C@@H]1CC#N. The van der Waals surface area contributed by atoms with Crippen LogP contribution in [0.3, 0.4) is 0 Å². The molecule has 0 aromatic rings. The van der Waals surface area contributed by atoms with Crippen LogP contribution in [0.25, 0.3) is 0 Å². The van der Waals surface area contributed by atoms with Gasteiger partial charge in [-0.15, -0.1) is 0 Å². The van der Waals surface area contributed by atoms with Crippen LogP contribution in [0.4, 0.5) is 4.79 Å². The number of nitrogens with one attached hydrogen (secondary N) is 1. The number of ketones is 2. The van der Waals surface area contributed by atoms with Crippen molar-refractivity contribution in [2.24, 2.45) is 0 Å². The molecule has 0 aromatic carbocycles. The van der Waals surface area contributed by atoms with Gasteiger partial charge in [-0.05, 0) is 53.0 Å². The summed E-state index contributed by atoms with van der Waals surface area (Å²) in [6, 6.07) is 4.10. The van der Waals surface area contributed by atoms with Crippen LogP contribution in [-0.4, -0.2) is 52.8 Å². The number of hydrogen-bond acceptors (Lipinski definition) is 7. The van der Waals surface area contributed by atoms with Gasteiger partial charge in [0.15, 0.2) is 5.78 Å². The third-order valence-corrected chi connectivity index (χ3v) is 4.71. The lowest BCUT2D eigenvalue weighted by molar-refractivity contribution is -0.139. The summed E-state index contributed by atoms with van der Waals surface area (Å²) in [7, 11) is 0. The molecule has 0 saturated carbocycles. The highest BCUT2D eigenvalue weighted by Crippen LogP contribution is 2.24. The highest BCUT2D eigenvalue weighted by Gasteiger charge is 2.42. The topological polar surface area (TPSA) is 123 Å². The molecule has 2 heterocycles. The van der Waals surface area contributed by atoms with Gasteiger partial charge in [-0.25, -0.2) is 4.79 Å². The van der Waals surface area contributed by atoms with Gasteiger partial charge in [0.2, 0.25) is 5.78 Å². The molecule has 2 rings (SSSR count). The molecule has 2 aliphatic rings. The van der Waals surface area contributed by atoms with E-state index in [1.807, 2.05) is 26.8 Å². The van der Waals surface area contributed by atoms with E-state index in [1.54, 1.807) is 4.90 Å². The molecule has 1 amide bonds. The molecule has 2 saturated heterocycles. The molecule has 154 valence electrons. The van der Waals surface area contributed by atoms with E-state index in [4.69, 9.17) is 15.3 Å². The van der Waals surface area contributed by atoms with Crippen molar-refractivity contribution < 1.29 is 19.1 Å². The molecule has 2 atom stereocenters.